The fraction of sp³-hybridized carbons (Fsp3) is 0.769. The minimum atomic E-state index is -0.377. The van der Waals surface area contributed by atoms with Crippen LogP contribution in [0.15, 0.2) is 0 Å². The van der Waals surface area contributed by atoms with Gasteiger partial charge in [0.15, 0.2) is 0 Å². The molecular formula is C13H21N3O4. The first kappa shape index (κ1) is 14.8. The molecule has 2 heterocycles. The summed E-state index contributed by atoms with van der Waals surface area (Å²) in [5, 5.41) is 3.60. The number of hydrogen-bond acceptors (Lipinski definition) is 4. The third-order valence-corrected chi connectivity index (χ3v) is 3.48. The van der Waals surface area contributed by atoms with Crippen LogP contribution in [0.25, 0.3) is 0 Å². The number of nitrogens with zero attached hydrogens (tertiary/aromatic N) is 2. The van der Waals surface area contributed by atoms with Crippen molar-refractivity contribution in [2.24, 2.45) is 0 Å². The van der Waals surface area contributed by atoms with Crippen molar-refractivity contribution in [2.45, 2.75) is 38.7 Å². The first-order valence-electron chi connectivity index (χ1n) is 7.08. The van der Waals surface area contributed by atoms with Gasteiger partial charge in [0.1, 0.15) is 6.54 Å². The van der Waals surface area contributed by atoms with Gasteiger partial charge in [-0.25, -0.2) is 5.06 Å². The Kier molecular flexibility index (Phi) is 4.94. The van der Waals surface area contributed by atoms with Crippen LogP contribution in [0.5, 0.6) is 0 Å². The normalized spacial score (nSPS) is 23.1. The van der Waals surface area contributed by atoms with Crippen LogP contribution in [0.3, 0.4) is 0 Å². The topological polar surface area (TPSA) is 79.0 Å². The molecule has 2 fully saturated rings. The zero-order valence-electron chi connectivity index (χ0n) is 11.8. The van der Waals surface area contributed by atoms with E-state index in [2.05, 4.69) is 5.32 Å². The smallest absolute Gasteiger partial charge is 0.249 e. The standard InChI is InChI=1S/C13H21N3O4/c1-10-7-12(18)16(20-10)9-11(17)14-8-13(19)15-5-3-2-4-6-15/h10H,2-9H2,1H3,(H,14,17)/t10-/m1/s1. The van der Waals surface area contributed by atoms with Gasteiger partial charge in [-0.1, -0.05) is 0 Å². The van der Waals surface area contributed by atoms with Crippen LogP contribution >= 0.6 is 0 Å². The maximum atomic E-state index is 11.9. The number of nitrogens with one attached hydrogen (secondary N) is 1. The average molecular weight is 283 g/mol. The minimum Gasteiger partial charge on any atom is -0.345 e. The number of carbonyl (C=O) groups excluding carboxylic acids is 3. The lowest BCUT2D eigenvalue weighted by atomic mass is 10.1. The van der Waals surface area contributed by atoms with E-state index in [1.54, 1.807) is 11.8 Å². The van der Waals surface area contributed by atoms with Crippen LogP contribution in [0.1, 0.15) is 32.6 Å². The van der Waals surface area contributed by atoms with E-state index in [-0.39, 0.29) is 36.9 Å². The number of piperidine rings is 1. The SMILES string of the molecule is C[C@@H]1CC(=O)N(CC(=O)NCC(=O)N2CCCCC2)O1. The van der Waals surface area contributed by atoms with E-state index in [9.17, 15) is 14.4 Å². The third-order valence-electron chi connectivity index (χ3n) is 3.48. The molecule has 0 bridgehead atoms. The summed E-state index contributed by atoms with van der Waals surface area (Å²) in [5.74, 6) is -0.645. The summed E-state index contributed by atoms with van der Waals surface area (Å²) in [6.07, 6.45) is 3.30. The highest BCUT2D eigenvalue weighted by molar-refractivity contribution is 5.88. The number of carbonyl (C=O) groups is 3. The Morgan fingerprint density at radius 1 is 1.30 bits per heavy atom. The monoisotopic (exact) mass is 283 g/mol. The molecule has 0 aromatic heterocycles. The van der Waals surface area contributed by atoms with Crippen LogP contribution in [-0.2, 0) is 19.2 Å². The summed E-state index contributed by atoms with van der Waals surface area (Å²) in [6, 6.07) is 0. The quantitative estimate of drug-likeness (QED) is 0.766. The summed E-state index contributed by atoms with van der Waals surface area (Å²) >= 11 is 0. The van der Waals surface area contributed by atoms with Gasteiger partial charge in [0.05, 0.1) is 19.1 Å². The van der Waals surface area contributed by atoms with Gasteiger partial charge in [-0.15, -0.1) is 0 Å². The first-order valence-corrected chi connectivity index (χ1v) is 7.08. The Labute approximate surface area is 118 Å². The molecule has 0 aliphatic carbocycles. The van der Waals surface area contributed by atoms with Gasteiger partial charge < -0.3 is 10.2 Å². The van der Waals surface area contributed by atoms with Gasteiger partial charge in [-0.2, -0.15) is 0 Å². The molecule has 2 aliphatic rings. The molecule has 112 valence electrons. The van der Waals surface area contributed by atoms with Crippen molar-refractivity contribution in [3.05, 3.63) is 0 Å². The minimum absolute atomic E-state index is 0.0174. The lowest BCUT2D eigenvalue weighted by Gasteiger charge is -2.26. The third kappa shape index (κ3) is 3.93. The van der Waals surface area contributed by atoms with Gasteiger partial charge in [0.25, 0.3) is 0 Å². The lowest BCUT2D eigenvalue weighted by molar-refractivity contribution is -0.174. The zero-order valence-corrected chi connectivity index (χ0v) is 11.8. The van der Waals surface area contributed by atoms with E-state index in [1.165, 1.54) is 0 Å². The van der Waals surface area contributed by atoms with Crippen LogP contribution in [0.4, 0.5) is 0 Å². The van der Waals surface area contributed by atoms with Crippen molar-refractivity contribution >= 4 is 17.7 Å². The van der Waals surface area contributed by atoms with Gasteiger partial charge in [0, 0.05) is 13.1 Å². The van der Waals surface area contributed by atoms with Crippen molar-refractivity contribution in [1.29, 1.82) is 0 Å². The maximum Gasteiger partial charge on any atom is 0.249 e. The molecule has 2 aliphatic heterocycles. The van der Waals surface area contributed by atoms with Crippen LogP contribution in [-0.4, -0.2) is 60.0 Å². The molecule has 3 amide bonds. The summed E-state index contributed by atoms with van der Waals surface area (Å²) in [5.41, 5.74) is 0. The predicted molar refractivity (Wildman–Crippen MR) is 70.3 cm³/mol. The molecule has 7 heteroatoms. The van der Waals surface area contributed by atoms with Gasteiger partial charge >= 0.3 is 0 Å². The first-order chi connectivity index (χ1) is 9.56. The molecule has 0 saturated carbocycles. The Bertz CT molecular complexity index is 393. The highest BCUT2D eigenvalue weighted by atomic mass is 16.7. The van der Waals surface area contributed by atoms with Crippen LogP contribution < -0.4 is 5.32 Å². The molecular weight excluding hydrogens is 262 g/mol. The second-order valence-electron chi connectivity index (χ2n) is 5.27. The molecule has 0 aromatic rings. The van der Waals surface area contributed by atoms with Gasteiger partial charge in [0.2, 0.25) is 17.7 Å². The number of likely N-dealkylation sites (tertiary alicyclic amines) is 1. The van der Waals surface area contributed by atoms with Crippen molar-refractivity contribution < 1.29 is 19.2 Å². The zero-order chi connectivity index (χ0) is 14.5. The molecule has 2 saturated heterocycles. The van der Waals surface area contributed by atoms with E-state index in [1.807, 2.05) is 0 Å². The second kappa shape index (κ2) is 6.69. The highest BCUT2D eigenvalue weighted by Crippen LogP contribution is 2.13. The Morgan fingerprint density at radius 3 is 2.60 bits per heavy atom. The Hall–Kier alpha value is -1.63. The molecule has 20 heavy (non-hydrogen) atoms. The van der Waals surface area contributed by atoms with E-state index in [0.29, 0.717) is 6.42 Å². The van der Waals surface area contributed by atoms with Gasteiger partial charge in [-0.3, -0.25) is 19.2 Å². The van der Waals surface area contributed by atoms with Crippen LogP contribution in [0.2, 0.25) is 0 Å². The van der Waals surface area contributed by atoms with E-state index < -0.39 is 0 Å². The molecule has 0 aromatic carbocycles. The highest BCUT2D eigenvalue weighted by Gasteiger charge is 2.29. The maximum absolute atomic E-state index is 11.9. The van der Waals surface area contributed by atoms with Crippen molar-refractivity contribution in [3.63, 3.8) is 0 Å². The van der Waals surface area contributed by atoms with Crippen molar-refractivity contribution in [3.8, 4) is 0 Å². The fourth-order valence-corrected chi connectivity index (χ4v) is 2.40. The molecule has 0 spiro atoms. The summed E-state index contributed by atoms with van der Waals surface area (Å²) in [6.45, 7) is 3.13. The summed E-state index contributed by atoms with van der Waals surface area (Å²) in [4.78, 5) is 42.0. The van der Waals surface area contributed by atoms with Crippen molar-refractivity contribution in [1.82, 2.24) is 15.3 Å². The second-order valence-corrected chi connectivity index (χ2v) is 5.27. The summed E-state index contributed by atoms with van der Waals surface area (Å²) < 4.78 is 0. The predicted octanol–water partition coefficient (Wildman–Crippen LogP) is -0.332. The van der Waals surface area contributed by atoms with Crippen LogP contribution in [0, 0.1) is 0 Å². The molecule has 1 N–H and O–H groups in total. The van der Waals surface area contributed by atoms with Crippen molar-refractivity contribution in [2.75, 3.05) is 26.2 Å². The molecule has 1 atom stereocenters. The molecule has 2 rings (SSSR count). The largest absolute Gasteiger partial charge is 0.345 e. The Morgan fingerprint density at radius 2 is 2.00 bits per heavy atom. The number of hydroxylamine groups is 2. The van der Waals surface area contributed by atoms with Gasteiger partial charge in [-0.05, 0) is 26.2 Å². The summed E-state index contributed by atoms with van der Waals surface area (Å²) in [7, 11) is 0. The molecule has 0 radical (unpaired) electrons. The average Bonchev–Trinajstić information content (AvgIpc) is 2.75. The van der Waals surface area contributed by atoms with E-state index in [4.69, 9.17) is 4.84 Å². The van der Waals surface area contributed by atoms with E-state index >= 15 is 0 Å². The number of hydrogen-bond donors (Lipinski definition) is 1. The lowest BCUT2D eigenvalue weighted by Crippen LogP contribution is -2.45. The molecule has 0 unspecified atom stereocenters. The number of rotatable bonds is 4. The number of amides is 3. The van der Waals surface area contributed by atoms with E-state index in [0.717, 1.165) is 37.4 Å². The fourth-order valence-electron chi connectivity index (χ4n) is 2.40. The Balaban J connectivity index is 1.69. The molecule has 7 nitrogen and oxygen atoms in total.